The summed E-state index contributed by atoms with van der Waals surface area (Å²) >= 11 is 0. The minimum Gasteiger partial charge on any atom is -0.353 e. The van der Waals surface area contributed by atoms with Crippen LogP contribution in [0.5, 0.6) is 0 Å². The van der Waals surface area contributed by atoms with Crippen molar-refractivity contribution in [1.29, 1.82) is 0 Å². The van der Waals surface area contributed by atoms with Crippen LogP contribution in [0.15, 0.2) is 48.5 Å². The molecule has 1 aliphatic carbocycles. The van der Waals surface area contributed by atoms with E-state index >= 15 is 0 Å². The van der Waals surface area contributed by atoms with Gasteiger partial charge in [-0.15, -0.1) is 0 Å². The van der Waals surface area contributed by atoms with Gasteiger partial charge in [0.1, 0.15) is 5.69 Å². The largest absolute Gasteiger partial charge is 0.353 e. The topological polar surface area (TPSA) is 75.4 Å². The van der Waals surface area contributed by atoms with E-state index in [1.165, 1.54) is 16.7 Å². The predicted molar refractivity (Wildman–Crippen MR) is 125 cm³/mol. The maximum absolute atomic E-state index is 13.1. The van der Waals surface area contributed by atoms with Crippen LogP contribution in [0.25, 0.3) is 10.9 Å². The summed E-state index contributed by atoms with van der Waals surface area (Å²) in [6, 6.07) is 16.5. The average molecular weight is 434 g/mol. The molecule has 3 atom stereocenters. The molecule has 2 unspecified atom stereocenters. The Hall–Kier alpha value is -2.67. The lowest BCUT2D eigenvalue weighted by Gasteiger charge is -2.25. The van der Waals surface area contributed by atoms with E-state index in [2.05, 4.69) is 58.9 Å². The third-order valence-electron chi connectivity index (χ3n) is 6.48. The van der Waals surface area contributed by atoms with E-state index in [0.717, 1.165) is 43.2 Å². The van der Waals surface area contributed by atoms with E-state index in [4.69, 9.17) is 9.47 Å². The van der Waals surface area contributed by atoms with Crippen LogP contribution in [0, 0.1) is 6.92 Å². The molecule has 6 nitrogen and oxygen atoms in total. The molecule has 5 rings (SSSR count). The van der Waals surface area contributed by atoms with Crippen molar-refractivity contribution in [1.82, 2.24) is 15.6 Å². The Morgan fingerprint density at radius 3 is 2.97 bits per heavy atom. The lowest BCUT2D eigenvalue weighted by Crippen LogP contribution is -2.43. The van der Waals surface area contributed by atoms with Crippen LogP contribution in [0.1, 0.15) is 52.5 Å². The number of aromatic nitrogens is 1. The highest BCUT2D eigenvalue weighted by atomic mass is 16.7. The molecule has 0 spiro atoms. The molecule has 2 heterocycles. The molecule has 3 aromatic rings. The molecule has 0 radical (unpaired) electrons. The number of hydrogen-bond acceptors (Lipinski definition) is 4. The molecule has 2 aliphatic rings. The van der Waals surface area contributed by atoms with E-state index < -0.39 is 0 Å². The second kappa shape index (κ2) is 9.45. The minimum absolute atomic E-state index is 0.0148. The van der Waals surface area contributed by atoms with Gasteiger partial charge in [0, 0.05) is 24.1 Å². The van der Waals surface area contributed by atoms with Gasteiger partial charge in [-0.1, -0.05) is 35.9 Å². The minimum atomic E-state index is -0.0810. The van der Waals surface area contributed by atoms with Crippen LogP contribution in [0.2, 0.25) is 0 Å². The summed E-state index contributed by atoms with van der Waals surface area (Å²) in [6.45, 7) is 4.14. The summed E-state index contributed by atoms with van der Waals surface area (Å²) in [6.07, 6.45) is 3.98. The van der Waals surface area contributed by atoms with Crippen LogP contribution in [-0.4, -0.2) is 43.0 Å². The van der Waals surface area contributed by atoms with Gasteiger partial charge in [0.25, 0.3) is 5.91 Å². The second-order valence-corrected chi connectivity index (χ2v) is 8.86. The number of nitrogens with one attached hydrogen (secondary N) is 3. The fourth-order valence-corrected chi connectivity index (χ4v) is 4.85. The average Bonchev–Trinajstić information content (AvgIpc) is 3.38. The molecule has 2 aromatic carbocycles. The third-order valence-corrected chi connectivity index (χ3v) is 6.48. The number of fused-ring (bicyclic) bond motifs is 2. The molecule has 6 heteroatoms. The van der Waals surface area contributed by atoms with Crippen LogP contribution in [0.4, 0.5) is 0 Å². The summed E-state index contributed by atoms with van der Waals surface area (Å²) in [4.78, 5) is 16.3. The number of aromatic amines is 1. The number of ether oxygens (including phenoxy) is 2. The summed E-state index contributed by atoms with van der Waals surface area (Å²) in [5.74, 6) is -0.0738. The Bertz CT molecular complexity index is 1090. The number of carbonyl (C=O) groups excluding carboxylic acids is 1. The first-order valence-corrected chi connectivity index (χ1v) is 11.6. The Morgan fingerprint density at radius 1 is 1.19 bits per heavy atom. The van der Waals surface area contributed by atoms with E-state index in [1.54, 1.807) is 0 Å². The monoisotopic (exact) mass is 433 g/mol. The van der Waals surface area contributed by atoms with Gasteiger partial charge in [-0.2, -0.15) is 0 Å². The maximum atomic E-state index is 13.1. The predicted octanol–water partition coefficient (Wildman–Crippen LogP) is 4.00. The number of aryl methyl sites for hydroxylation is 1. The van der Waals surface area contributed by atoms with Crippen molar-refractivity contribution in [3.63, 3.8) is 0 Å². The SMILES string of the molecule is Cc1ccc2[nH]c(C(=O)NC3Cc4ccccc4[C@H]3NCCOC3CCCCO3)cc2c1. The number of rotatable bonds is 7. The van der Waals surface area contributed by atoms with Gasteiger partial charge in [0.2, 0.25) is 0 Å². The summed E-state index contributed by atoms with van der Waals surface area (Å²) < 4.78 is 11.5. The van der Waals surface area contributed by atoms with Crippen LogP contribution < -0.4 is 10.6 Å². The van der Waals surface area contributed by atoms with E-state index in [0.29, 0.717) is 18.8 Å². The summed E-state index contributed by atoms with van der Waals surface area (Å²) in [5, 5.41) is 7.93. The molecule has 3 N–H and O–H groups in total. The van der Waals surface area contributed by atoms with Crippen molar-refractivity contribution in [2.45, 2.75) is 51.0 Å². The highest BCUT2D eigenvalue weighted by Crippen LogP contribution is 2.31. The highest BCUT2D eigenvalue weighted by Gasteiger charge is 2.33. The van der Waals surface area contributed by atoms with Crippen molar-refractivity contribution >= 4 is 16.8 Å². The zero-order valence-electron chi connectivity index (χ0n) is 18.5. The van der Waals surface area contributed by atoms with Gasteiger partial charge in [0.05, 0.1) is 18.7 Å². The molecule has 32 heavy (non-hydrogen) atoms. The zero-order valence-corrected chi connectivity index (χ0v) is 18.5. The summed E-state index contributed by atoms with van der Waals surface area (Å²) in [5.41, 5.74) is 5.28. The number of benzene rings is 2. The van der Waals surface area contributed by atoms with Crippen molar-refractivity contribution < 1.29 is 14.3 Å². The number of hydrogen-bond donors (Lipinski definition) is 3. The Morgan fingerprint density at radius 2 is 2.09 bits per heavy atom. The van der Waals surface area contributed by atoms with Gasteiger partial charge in [-0.25, -0.2) is 0 Å². The van der Waals surface area contributed by atoms with E-state index in [9.17, 15) is 4.79 Å². The first-order chi connectivity index (χ1) is 15.7. The quantitative estimate of drug-likeness (QED) is 0.492. The molecule has 1 amide bonds. The van der Waals surface area contributed by atoms with Crippen molar-refractivity contribution in [2.75, 3.05) is 19.8 Å². The van der Waals surface area contributed by atoms with Crippen LogP contribution in [-0.2, 0) is 15.9 Å². The molecule has 168 valence electrons. The van der Waals surface area contributed by atoms with E-state index in [-0.39, 0.29) is 24.3 Å². The fraction of sp³-hybridized carbons (Fsp3) is 0.423. The second-order valence-electron chi connectivity index (χ2n) is 8.86. The standard InChI is InChI=1S/C26H31N3O3/c1-17-9-10-21-19(14-17)16-23(28-21)26(30)29-22-15-18-6-2-3-7-20(18)25(22)27-11-13-32-24-8-4-5-12-31-24/h2-3,6-7,9-10,14,16,22,24-25,27-28H,4-5,8,11-13,15H2,1H3,(H,29,30)/t22?,24?,25-/m1/s1. The molecular formula is C26H31N3O3. The van der Waals surface area contributed by atoms with Gasteiger partial charge in [-0.05, 0) is 61.9 Å². The van der Waals surface area contributed by atoms with Crippen molar-refractivity contribution in [3.8, 4) is 0 Å². The van der Waals surface area contributed by atoms with Gasteiger partial charge in [0.15, 0.2) is 6.29 Å². The Kier molecular flexibility index (Phi) is 6.26. The number of carbonyl (C=O) groups is 1. The van der Waals surface area contributed by atoms with Gasteiger partial charge >= 0.3 is 0 Å². The molecule has 1 saturated heterocycles. The number of amides is 1. The smallest absolute Gasteiger partial charge is 0.268 e. The Labute approximate surface area is 188 Å². The van der Waals surface area contributed by atoms with E-state index in [1.807, 2.05) is 12.1 Å². The van der Waals surface area contributed by atoms with Gasteiger partial charge in [-0.3, -0.25) is 4.79 Å². The van der Waals surface area contributed by atoms with Crippen molar-refractivity contribution in [2.24, 2.45) is 0 Å². The summed E-state index contributed by atoms with van der Waals surface area (Å²) in [7, 11) is 0. The lowest BCUT2D eigenvalue weighted by atomic mass is 10.1. The molecule has 1 aliphatic heterocycles. The zero-order chi connectivity index (χ0) is 21.9. The third kappa shape index (κ3) is 4.58. The normalized spacial score (nSPS) is 22.7. The first-order valence-electron chi connectivity index (χ1n) is 11.6. The van der Waals surface area contributed by atoms with Crippen LogP contribution >= 0.6 is 0 Å². The molecule has 0 bridgehead atoms. The molecule has 1 aromatic heterocycles. The van der Waals surface area contributed by atoms with Gasteiger partial charge < -0.3 is 25.1 Å². The molecule has 0 saturated carbocycles. The highest BCUT2D eigenvalue weighted by molar-refractivity contribution is 5.98. The molecule has 1 fully saturated rings. The molecular weight excluding hydrogens is 402 g/mol. The maximum Gasteiger partial charge on any atom is 0.268 e. The Balaban J connectivity index is 1.24. The number of H-pyrrole nitrogens is 1. The lowest BCUT2D eigenvalue weighted by molar-refractivity contribution is -0.161. The van der Waals surface area contributed by atoms with Crippen LogP contribution in [0.3, 0.4) is 0 Å². The fourth-order valence-electron chi connectivity index (χ4n) is 4.85. The van der Waals surface area contributed by atoms with Crippen molar-refractivity contribution in [3.05, 3.63) is 70.9 Å². The first kappa shape index (κ1) is 21.2.